The van der Waals surface area contributed by atoms with Gasteiger partial charge >= 0.3 is 6.36 Å². The topological polar surface area (TPSA) is 47.7 Å². The molecule has 2 aromatic rings. The van der Waals surface area contributed by atoms with E-state index in [-0.39, 0.29) is 23.8 Å². The minimum Gasteiger partial charge on any atom is -0.491 e. The average molecular weight is 408 g/mol. The fourth-order valence-electron chi connectivity index (χ4n) is 4.00. The van der Waals surface area contributed by atoms with E-state index < -0.39 is 6.36 Å². The van der Waals surface area contributed by atoms with Gasteiger partial charge < -0.3 is 9.47 Å². The molecular weight excluding hydrogens is 381 g/mol. The van der Waals surface area contributed by atoms with E-state index in [0.717, 1.165) is 24.9 Å². The van der Waals surface area contributed by atoms with Crippen molar-refractivity contribution in [1.82, 2.24) is 5.01 Å². The van der Waals surface area contributed by atoms with Crippen LogP contribution in [0, 0.1) is 5.92 Å². The number of alkyl halides is 3. The molecule has 2 N–H and O–H groups in total. The Labute approximate surface area is 169 Å². The SMILES string of the molecule is CC(C)Oc1ccc(OC(F)(F)F)cc1CC1CCCN(N)C1c1ccccc1. The van der Waals surface area contributed by atoms with E-state index >= 15 is 0 Å². The van der Waals surface area contributed by atoms with E-state index in [2.05, 4.69) is 4.74 Å². The normalized spacial score (nSPS) is 20.7. The van der Waals surface area contributed by atoms with E-state index in [4.69, 9.17) is 10.6 Å². The first-order chi connectivity index (χ1) is 13.7. The lowest BCUT2D eigenvalue weighted by atomic mass is 9.81. The van der Waals surface area contributed by atoms with Crippen LogP contribution in [-0.4, -0.2) is 24.0 Å². The van der Waals surface area contributed by atoms with Crippen LogP contribution < -0.4 is 15.3 Å². The van der Waals surface area contributed by atoms with Gasteiger partial charge in [0.1, 0.15) is 11.5 Å². The predicted molar refractivity (Wildman–Crippen MR) is 105 cm³/mol. The van der Waals surface area contributed by atoms with Crippen molar-refractivity contribution < 1.29 is 22.6 Å². The first kappa shape index (κ1) is 21.5. The molecule has 158 valence electrons. The number of rotatable bonds is 6. The number of hydrazine groups is 1. The van der Waals surface area contributed by atoms with Gasteiger partial charge in [0.2, 0.25) is 0 Å². The molecule has 2 atom stereocenters. The summed E-state index contributed by atoms with van der Waals surface area (Å²) in [5, 5.41) is 1.84. The molecule has 0 spiro atoms. The molecule has 1 aliphatic heterocycles. The zero-order chi connectivity index (χ0) is 21.0. The highest BCUT2D eigenvalue weighted by molar-refractivity contribution is 5.41. The van der Waals surface area contributed by atoms with Crippen LogP contribution in [0.2, 0.25) is 0 Å². The van der Waals surface area contributed by atoms with E-state index in [1.807, 2.05) is 49.2 Å². The van der Waals surface area contributed by atoms with Crippen molar-refractivity contribution in [2.45, 2.75) is 51.6 Å². The highest BCUT2D eigenvalue weighted by atomic mass is 19.4. The van der Waals surface area contributed by atoms with Crippen LogP contribution in [0.4, 0.5) is 13.2 Å². The smallest absolute Gasteiger partial charge is 0.491 e. The Balaban J connectivity index is 1.91. The van der Waals surface area contributed by atoms with Gasteiger partial charge in [-0.15, -0.1) is 13.2 Å². The number of hydrogen-bond donors (Lipinski definition) is 1. The molecule has 0 aliphatic carbocycles. The van der Waals surface area contributed by atoms with E-state index in [1.54, 1.807) is 6.07 Å². The molecule has 1 heterocycles. The number of hydrogen-bond acceptors (Lipinski definition) is 4. The molecule has 29 heavy (non-hydrogen) atoms. The summed E-state index contributed by atoms with van der Waals surface area (Å²) in [6.45, 7) is 4.56. The molecule has 1 aliphatic rings. The predicted octanol–water partition coefficient (Wildman–Crippen LogP) is 5.24. The molecule has 1 saturated heterocycles. The number of benzene rings is 2. The molecule has 0 saturated carbocycles. The molecule has 0 bridgehead atoms. The summed E-state index contributed by atoms with van der Waals surface area (Å²) in [5.41, 5.74) is 1.80. The van der Waals surface area contributed by atoms with E-state index in [1.165, 1.54) is 12.1 Å². The Bertz CT molecular complexity index is 796. The number of halogens is 3. The summed E-state index contributed by atoms with van der Waals surface area (Å²) in [6, 6.07) is 14.2. The molecule has 2 unspecified atom stereocenters. The maximum absolute atomic E-state index is 12.7. The zero-order valence-electron chi connectivity index (χ0n) is 16.7. The van der Waals surface area contributed by atoms with Crippen LogP contribution >= 0.6 is 0 Å². The van der Waals surface area contributed by atoms with Gasteiger partial charge in [0.15, 0.2) is 0 Å². The maximum atomic E-state index is 12.7. The second-order valence-corrected chi connectivity index (χ2v) is 7.68. The van der Waals surface area contributed by atoms with Gasteiger partial charge in [-0.1, -0.05) is 30.3 Å². The van der Waals surface area contributed by atoms with Crippen LogP contribution in [0.25, 0.3) is 0 Å². The van der Waals surface area contributed by atoms with Gasteiger partial charge in [0, 0.05) is 6.54 Å². The van der Waals surface area contributed by atoms with Crippen LogP contribution in [0.5, 0.6) is 11.5 Å². The highest BCUT2D eigenvalue weighted by Gasteiger charge is 2.33. The largest absolute Gasteiger partial charge is 0.573 e. The zero-order valence-corrected chi connectivity index (χ0v) is 16.7. The molecule has 7 heteroatoms. The summed E-state index contributed by atoms with van der Waals surface area (Å²) in [7, 11) is 0. The minimum atomic E-state index is -4.73. The molecule has 4 nitrogen and oxygen atoms in total. The summed E-state index contributed by atoms with van der Waals surface area (Å²) in [4.78, 5) is 0. The van der Waals surface area contributed by atoms with Gasteiger partial charge in [-0.2, -0.15) is 0 Å². The van der Waals surface area contributed by atoms with Crippen molar-refractivity contribution >= 4 is 0 Å². The molecular formula is C22H27F3N2O2. The first-order valence-corrected chi connectivity index (χ1v) is 9.84. The third kappa shape index (κ3) is 5.87. The summed E-state index contributed by atoms with van der Waals surface area (Å²) >= 11 is 0. The third-order valence-corrected chi connectivity index (χ3v) is 5.05. The summed E-state index contributed by atoms with van der Waals surface area (Å²) in [5.74, 6) is 6.80. The number of nitrogens with zero attached hydrogens (tertiary/aromatic N) is 1. The van der Waals surface area contributed by atoms with Crippen LogP contribution in [0.15, 0.2) is 48.5 Å². The van der Waals surface area contributed by atoms with Crippen LogP contribution in [-0.2, 0) is 6.42 Å². The fraction of sp³-hybridized carbons (Fsp3) is 0.455. The molecule has 3 rings (SSSR count). The highest BCUT2D eigenvalue weighted by Crippen LogP contribution is 2.39. The van der Waals surface area contributed by atoms with Gasteiger partial charge in [-0.25, -0.2) is 5.01 Å². The lowest BCUT2D eigenvalue weighted by Gasteiger charge is -2.39. The van der Waals surface area contributed by atoms with Crippen molar-refractivity contribution in [3.05, 3.63) is 59.7 Å². The number of nitrogens with two attached hydrogens (primary N) is 1. The lowest BCUT2D eigenvalue weighted by molar-refractivity contribution is -0.274. The van der Waals surface area contributed by atoms with Crippen molar-refractivity contribution in [2.75, 3.05) is 6.54 Å². The Hall–Kier alpha value is -2.25. The van der Waals surface area contributed by atoms with E-state index in [0.29, 0.717) is 17.7 Å². The minimum absolute atomic E-state index is 0.0101. The third-order valence-electron chi connectivity index (χ3n) is 5.05. The lowest BCUT2D eigenvalue weighted by Crippen LogP contribution is -2.44. The van der Waals surface area contributed by atoms with E-state index in [9.17, 15) is 13.2 Å². The Morgan fingerprint density at radius 3 is 2.52 bits per heavy atom. The van der Waals surface area contributed by atoms with Crippen molar-refractivity contribution in [3.8, 4) is 11.5 Å². The molecule has 0 aromatic heterocycles. The average Bonchev–Trinajstić information content (AvgIpc) is 2.63. The second kappa shape index (κ2) is 9.05. The Kier molecular flexibility index (Phi) is 6.70. The summed E-state index contributed by atoms with van der Waals surface area (Å²) in [6.07, 6.45) is -2.42. The van der Waals surface area contributed by atoms with Crippen molar-refractivity contribution in [2.24, 2.45) is 11.8 Å². The number of ether oxygens (including phenoxy) is 2. The van der Waals surface area contributed by atoms with Crippen molar-refractivity contribution in [1.29, 1.82) is 0 Å². The summed E-state index contributed by atoms with van der Waals surface area (Å²) < 4.78 is 48.1. The Morgan fingerprint density at radius 1 is 1.14 bits per heavy atom. The molecule has 2 aromatic carbocycles. The second-order valence-electron chi connectivity index (χ2n) is 7.68. The van der Waals surface area contributed by atoms with Crippen molar-refractivity contribution in [3.63, 3.8) is 0 Å². The van der Waals surface area contributed by atoms with Crippen LogP contribution in [0.1, 0.15) is 43.9 Å². The maximum Gasteiger partial charge on any atom is 0.573 e. The fourth-order valence-corrected chi connectivity index (χ4v) is 4.00. The standard InChI is InChI=1S/C22H27F3N2O2/c1-15(2)28-20-11-10-19(29-22(23,24)25)14-18(20)13-17-9-6-12-27(26)21(17)16-7-4-3-5-8-16/h3-5,7-8,10-11,14-15,17,21H,6,9,12-13,26H2,1-2H3. The van der Waals surface area contributed by atoms with Gasteiger partial charge in [0.25, 0.3) is 0 Å². The number of piperidine rings is 1. The Morgan fingerprint density at radius 2 is 1.86 bits per heavy atom. The van der Waals surface area contributed by atoms with Gasteiger partial charge in [0.05, 0.1) is 12.1 Å². The van der Waals surface area contributed by atoms with Gasteiger partial charge in [-0.3, -0.25) is 5.84 Å². The monoisotopic (exact) mass is 408 g/mol. The van der Waals surface area contributed by atoms with Crippen LogP contribution in [0.3, 0.4) is 0 Å². The molecule has 0 radical (unpaired) electrons. The quantitative estimate of drug-likeness (QED) is 0.664. The molecule has 0 amide bonds. The first-order valence-electron chi connectivity index (χ1n) is 9.84. The molecule has 1 fully saturated rings. The van der Waals surface area contributed by atoms with Gasteiger partial charge in [-0.05, 0) is 68.4 Å².